The minimum atomic E-state index is 0.584. The monoisotopic (exact) mass is 344 g/mol. The summed E-state index contributed by atoms with van der Waals surface area (Å²) in [5, 5.41) is 1.22. The van der Waals surface area contributed by atoms with E-state index in [-0.39, 0.29) is 0 Å². The molecular weight excluding hydrogens is 324 g/mol. The van der Waals surface area contributed by atoms with Gasteiger partial charge in [-0.1, -0.05) is 0 Å². The second kappa shape index (κ2) is 6.97. The molecule has 3 rings (SSSR count). The van der Waals surface area contributed by atoms with E-state index in [0.717, 1.165) is 10.6 Å². The standard InChI is InChI=1S/C18H20N2O3S/c1-20-8-7-12-9-14(5-6-15(12)20)24-19-13-10-16(21-2)18(23-4)17(11-13)22-3/h5-11,19H,1-4H3. The Morgan fingerprint density at radius 3 is 2.25 bits per heavy atom. The third-order valence-electron chi connectivity index (χ3n) is 3.81. The summed E-state index contributed by atoms with van der Waals surface area (Å²) in [5.74, 6) is 1.83. The molecule has 0 amide bonds. The minimum absolute atomic E-state index is 0.584. The number of hydrogen-bond donors (Lipinski definition) is 1. The first kappa shape index (κ1) is 16.4. The Hall–Kier alpha value is -2.47. The summed E-state index contributed by atoms with van der Waals surface area (Å²) >= 11 is 1.54. The van der Waals surface area contributed by atoms with Gasteiger partial charge in [0.25, 0.3) is 0 Å². The smallest absolute Gasteiger partial charge is 0.203 e. The summed E-state index contributed by atoms with van der Waals surface area (Å²) in [7, 11) is 6.86. The molecule has 6 heteroatoms. The molecule has 126 valence electrons. The van der Waals surface area contributed by atoms with Crippen LogP contribution in [0.2, 0.25) is 0 Å². The van der Waals surface area contributed by atoms with Gasteiger partial charge in [0.05, 0.1) is 27.0 Å². The van der Waals surface area contributed by atoms with Gasteiger partial charge in [0.15, 0.2) is 11.5 Å². The molecule has 0 saturated heterocycles. The van der Waals surface area contributed by atoms with Crippen LogP contribution < -0.4 is 18.9 Å². The number of aryl methyl sites for hydroxylation is 1. The average Bonchev–Trinajstić information content (AvgIpc) is 2.99. The molecule has 1 heterocycles. The second-order valence-electron chi connectivity index (χ2n) is 5.27. The van der Waals surface area contributed by atoms with Crippen molar-refractivity contribution >= 4 is 28.5 Å². The largest absolute Gasteiger partial charge is 0.493 e. The molecule has 0 atom stereocenters. The molecule has 0 fully saturated rings. The number of aromatic nitrogens is 1. The lowest BCUT2D eigenvalue weighted by atomic mass is 10.2. The lowest BCUT2D eigenvalue weighted by Crippen LogP contribution is -1.97. The minimum Gasteiger partial charge on any atom is -0.493 e. The average molecular weight is 344 g/mol. The number of hydrogen-bond acceptors (Lipinski definition) is 5. The number of benzene rings is 2. The van der Waals surface area contributed by atoms with Crippen molar-refractivity contribution in [3.63, 3.8) is 0 Å². The van der Waals surface area contributed by atoms with Crippen LogP contribution in [-0.4, -0.2) is 25.9 Å². The third-order valence-corrected chi connectivity index (χ3v) is 4.64. The molecule has 24 heavy (non-hydrogen) atoms. The molecular formula is C18H20N2O3S. The Morgan fingerprint density at radius 2 is 1.62 bits per heavy atom. The number of nitrogens with zero attached hydrogens (tertiary/aromatic N) is 1. The first-order valence-corrected chi connectivity index (χ1v) is 8.26. The molecule has 1 N–H and O–H groups in total. The van der Waals surface area contributed by atoms with E-state index in [9.17, 15) is 0 Å². The molecule has 1 aromatic heterocycles. The lowest BCUT2D eigenvalue weighted by Gasteiger charge is -2.14. The van der Waals surface area contributed by atoms with Crippen LogP contribution in [0.3, 0.4) is 0 Å². The van der Waals surface area contributed by atoms with Crippen LogP contribution in [-0.2, 0) is 7.05 Å². The zero-order valence-electron chi connectivity index (χ0n) is 14.1. The summed E-state index contributed by atoms with van der Waals surface area (Å²) in [6.45, 7) is 0. The van der Waals surface area contributed by atoms with E-state index in [0.29, 0.717) is 17.2 Å². The number of nitrogens with one attached hydrogen (secondary N) is 1. The second-order valence-corrected chi connectivity index (χ2v) is 6.15. The first-order chi connectivity index (χ1) is 11.7. The van der Waals surface area contributed by atoms with Crippen LogP contribution in [0.4, 0.5) is 5.69 Å². The Labute approximate surface area is 145 Å². The maximum atomic E-state index is 5.37. The number of rotatable bonds is 6. The van der Waals surface area contributed by atoms with Crippen LogP contribution in [0.1, 0.15) is 0 Å². The van der Waals surface area contributed by atoms with Crippen molar-refractivity contribution in [1.82, 2.24) is 4.57 Å². The SMILES string of the molecule is COc1cc(NSc2ccc3c(ccn3C)c2)cc(OC)c1OC. The van der Waals surface area contributed by atoms with E-state index in [2.05, 4.69) is 39.8 Å². The van der Waals surface area contributed by atoms with Gasteiger partial charge in [-0.25, -0.2) is 0 Å². The molecule has 0 aliphatic heterocycles. The van der Waals surface area contributed by atoms with Crippen molar-refractivity contribution in [2.45, 2.75) is 4.90 Å². The van der Waals surface area contributed by atoms with Crippen molar-refractivity contribution in [3.8, 4) is 17.2 Å². The van der Waals surface area contributed by atoms with Gasteiger partial charge in [-0.3, -0.25) is 0 Å². The fourth-order valence-corrected chi connectivity index (χ4v) is 3.26. The topological polar surface area (TPSA) is 44.7 Å². The molecule has 5 nitrogen and oxygen atoms in total. The maximum absolute atomic E-state index is 5.37. The van der Waals surface area contributed by atoms with Crippen molar-refractivity contribution in [1.29, 1.82) is 0 Å². The molecule has 3 aromatic rings. The van der Waals surface area contributed by atoms with Crippen molar-refractivity contribution in [2.24, 2.45) is 7.05 Å². The van der Waals surface area contributed by atoms with E-state index in [1.165, 1.54) is 22.9 Å². The highest BCUT2D eigenvalue weighted by Gasteiger charge is 2.13. The summed E-state index contributed by atoms with van der Waals surface area (Å²) in [4.78, 5) is 1.13. The molecule has 2 aromatic carbocycles. The number of anilines is 1. The van der Waals surface area contributed by atoms with Gasteiger partial charge in [0, 0.05) is 41.2 Å². The lowest BCUT2D eigenvalue weighted by molar-refractivity contribution is 0.325. The van der Waals surface area contributed by atoms with E-state index in [1.54, 1.807) is 21.3 Å². The zero-order valence-corrected chi connectivity index (χ0v) is 14.9. The van der Waals surface area contributed by atoms with Gasteiger partial charge >= 0.3 is 0 Å². The fourth-order valence-electron chi connectivity index (χ4n) is 2.58. The zero-order chi connectivity index (χ0) is 17.1. The molecule has 0 bridgehead atoms. The van der Waals surface area contributed by atoms with Crippen LogP contribution in [0.15, 0.2) is 47.5 Å². The quantitative estimate of drug-likeness (QED) is 0.675. The number of fused-ring (bicyclic) bond motifs is 1. The van der Waals surface area contributed by atoms with Gasteiger partial charge < -0.3 is 23.5 Å². The Balaban J connectivity index is 1.82. The van der Waals surface area contributed by atoms with Crippen molar-refractivity contribution < 1.29 is 14.2 Å². The van der Waals surface area contributed by atoms with Gasteiger partial charge in [-0.15, -0.1) is 0 Å². The van der Waals surface area contributed by atoms with Gasteiger partial charge in [-0.2, -0.15) is 0 Å². The Bertz CT molecular complexity index is 836. The van der Waals surface area contributed by atoms with Crippen molar-refractivity contribution in [2.75, 3.05) is 26.1 Å². The number of ether oxygens (including phenoxy) is 3. The molecule has 0 spiro atoms. The summed E-state index contributed by atoms with van der Waals surface area (Å²) in [6, 6.07) is 12.3. The maximum Gasteiger partial charge on any atom is 0.203 e. The number of methoxy groups -OCH3 is 3. The highest BCUT2D eigenvalue weighted by atomic mass is 32.2. The highest BCUT2D eigenvalue weighted by Crippen LogP contribution is 2.41. The molecule has 0 aliphatic rings. The van der Waals surface area contributed by atoms with Crippen LogP contribution >= 0.6 is 11.9 Å². The van der Waals surface area contributed by atoms with Gasteiger partial charge in [-0.05, 0) is 36.2 Å². The molecule has 0 radical (unpaired) electrons. The van der Waals surface area contributed by atoms with Crippen molar-refractivity contribution in [3.05, 3.63) is 42.6 Å². The normalized spacial score (nSPS) is 10.7. The molecule has 0 saturated carbocycles. The summed E-state index contributed by atoms with van der Waals surface area (Å²) in [6.07, 6.45) is 2.06. The van der Waals surface area contributed by atoms with E-state index >= 15 is 0 Å². The predicted molar refractivity (Wildman–Crippen MR) is 98.5 cm³/mol. The predicted octanol–water partition coefficient (Wildman–Crippen LogP) is 4.32. The van der Waals surface area contributed by atoms with E-state index in [4.69, 9.17) is 14.2 Å². The Morgan fingerprint density at radius 1 is 0.917 bits per heavy atom. The molecule has 0 aliphatic carbocycles. The van der Waals surface area contributed by atoms with Gasteiger partial charge in [0.1, 0.15) is 0 Å². The van der Waals surface area contributed by atoms with Crippen LogP contribution in [0.5, 0.6) is 17.2 Å². The van der Waals surface area contributed by atoms with Gasteiger partial charge in [0.2, 0.25) is 5.75 Å². The summed E-state index contributed by atoms with van der Waals surface area (Å²) < 4.78 is 21.5. The fraction of sp³-hybridized carbons (Fsp3) is 0.222. The highest BCUT2D eigenvalue weighted by molar-refractivity contribution is 8.00. The Kier molecular flexibility index (Phi) is 4.76. The first-order valence-electron chi connectivity index (χ1n) is 7.44. The third kappa shape index (κ3) is 3.10. The van der Waals surface area contributed by atoms with Crippen LogP contribution in [0.25, 0.3) is 10.9 Å². The van der Waals surface area contributed by atoms with E-state index < -0.39 is 0 Å². The van der Waals surface area contributed by atoms with Crippen LogP contribution in [0, 0.1) is 0 Å². The molecule has 0 unspecified atom stereocenters. The van der Waals surface area contributed by atoms with E-state index in [1.807, 2.05) is 19.2 Å². The summed E-state index contributed by atoms with van der Waals surface area (Å²) in [5.41, 5.74) is 2.09.